The highest BCUT2D eigenvalue weighted by molar-refractivity contribution is 5.70. The molecule has 0 heterocycles. The summed E-state index contributed by atoms with van der Waals surface area (Å²) in [5, 5.41) is 4.42. The standard InChI is InChI=1S/C18H16N4O/c19-15-5-1-13(2-6-15)14-3-9-17(10-4-14)22(21-23)18-11-7-16(20)8-12-18/h1-12H,19-20H2. The summed E-state index contributed by atoms with van der Waals surface area (Å²) in [6.07, 6.45) is 0. The van der Waals surface area contributed by atoms with Gasteiger partial charge >= 0.3 is 0 Å². The highest BCUT2D eigenvalue weighted by Gasteiger charge is 2.09. The van der Waals surface area contributed by atoms with Crippen molar-refractivity contribution in [1.29, 1.82) is 0 Å². The summed E-state index contributed by atoms with van der Waals surface area (Å²) < 4.78 is 0. The average molecular weight is 304 g/mol. The molecule has 3 aromatic rings. The fraction of sp³-hybridized carbons (Fsp3) is 0. The number of nitrogen functional groups attached to an aromatic ring is 2. The zero-order valence-corrected chi connectivity index (χ0v) is 12.4. The van der Waals surface area contributed by atoms with Gasteiger partial charge in [0.25, 0.3) is 0 Å². The third-order valence-corrected chi connectivity index (χ3v) is 3.58. The Bertz CT molecular complexity index is 796. The lowest BCUT2D eigenvalue weighted by atomic mass is 10.0. The SMILES string of the molecule is Nc1ccc(-c2ccc(N(N=O)c3ccc(N)cc3)cc2)cc1. The maximum absolute atomic E-state index is 11.2. The van der Waals surface area contributed by atoms with Gasteiger partial charge in [0.15, 0.2) is 0 Å². The number of hydrogen-bond acceptors (Lipinski definition) is 4. The second-order valence-corrected chi connectivity index (χ2v) is 5.15. The van der Waals surface area contributed by atoms with Crippen molar-refractivity contribution < 1.29 is 0 Å². The van der Waals surface area contributed by atoms with Gasteiger partial charge in [-0.3, -0.25) is 0 Å². The number of hydrogen-bond donors (Lipinski definition) is 2. The molecule has 3 rings (SSSR count). The molecule has 114 valence electrons. The van der Waals surface area contributed by atoms with E-state index in [-0.39, 0.29) is 0 Å². The number of nitroso groups, excluding NO2 is 1. The molecule has 0 aliphatic heterocycles. The molecule has 0 saturated heterocycles. The maximum atomic E-state index is 11.2. The van der Waals surface area contributed by atoms with E-state index < -0.39 is 0 Å². The zero-order valence-electron chi connectivity index (χ0n) is 12.4. The van der Waals surface area contributed by atoms with Crippen LogP contribution in [0.1, 0.15) is 0 Å². The number of anilines is 4. The fourth-order valence-corrected chi connectivity index (χ4v) is 2.33. The molecule has 0 aromatic heterocycles. The maximum Gasteiger partial charge on any atom is 0.0686 e. The van der Waals surface area contributed by atoms with Gasteiger partial charge in [-0.05, 0) is 59.7 Å². The summed E-state index contributed by atoms with van der Waals surface area (Å²) in [5.41, 5.74) is 16.2. The molecule has 0 aliphatic rings. The van der Waals surface area contributed by atoms with Crippen LogP contribution < -0.4 is 16.5 Å². The molecule has 0 bridgehead atoms. The van der Waals surface area contributed by atoms with Gasteiger partial charge in [0.2, 0.25) is 0 Å². The minimum atomic E-state index is 0.637. The molecule has 0 spiro atoms. The Hall–Kier alpha value is -3.34. The molecular weight excluding hydrogens is 288 g/mol. The van der Waals surface area contributed by atoms with Crippen LogP contribution in [0, 0.1) is 4.91 Å². The van der Waals surface area contributed by atoms with Crippen LogP contribution in [-0.4, -0.2) is 0 Å². The Morgan fingerprint density at radius 3 is 1.39 bits per heavy atom. The first-order valence-electron chi connectivity index (χ1n) is 7.12. The summed E-state index contributed by atoms with van der Waals surface area (Å²) in [5.74, 6) is 0. The summed E-state index contributed by atoms with van der Waals surface area (Å²) in [6.45, 7) is 0. The number of nitrogens with zero attached hydrogens (tertiary/aromatic N) is 2. The van der Waals surface area contributed by atoms with E-state index in [1.165, 1.54) is 5.01 Å². The van der Waals surface area contributed by atoms with E-state index in [0.29, 0.717) is 17.1 Å². The summed E-state index contributed by atoms with van der Waals surface area (Å²) >= 11 is 0. The highest BCUT2D eigenvalue weighted by Crippen LogP contribution is 2.29. The molecule has 0 aliphatic carbocycles. The van der Waals surface area contributed by atoms with Crippen molar-refractivity contribution >= 4 is 22.7 Å². The van der Waals surface area contributed by atoms with Crippen LogP contribution in [0.25, 0.3) is 11.1 Å². The van der Waals surface area contributed by atoms with Crippen LogP contribution in [0.15, 0.2) is 78.1 Å². The molecular formula is C18H16N4O. The Balaban J connectivity index is 1.89. The molecule has 4 N–H and O–H groups in total. The quantitative estimate of drug-likeness (QED) is 0.426. The molecule has 5 nitrogen and oxygen atoms in total. The van der Waals surface area contributed by atoms with E-state index in [1.807, 2.05) is 48.5 Å². The van der Waals surface area contributed by atoms with Crippen molar-refractivity contribution in [1.82, 2.24) is 0 Å². The Kier molecular flexibility index (Phi) is 3.93. The second kappa shape index (κ2) is 6.19. The van der Waals surface area contributed by atoms with Crippen LogP contribution in [-0.2, 0) is 0 Å². The van der Waals surface area contributed by atoms with Crippen LogP contribution >= 0.6 is 0 Å². The lowest BCUT2D eigenvalue weighted by molar-refractivity contribution is 1.07. The van der Waals surface area contributed by atoms with Crippen molar-refractivity contribution in [2.75, 3.05) is 16.5 Å². The summed E-state index contributed by atoms with van der Waals surface area (Å²) in [7, 11) is 0. The van der Waals surface area contributed by atoms with Gasteiger partial charge in [-0.15, -0.1) is 4.91 Å². The van der Waals surface area contributed by atoms with E-state index in [0.717, 1.165) is 16.8 Å². The van der Waals surface area contributed by atoms with Crippen LogP contribution in [0.4, 0.5) is 22.7 Å². The number of rotatable bonds is 4. The van der Waals surface area contributed by atoms with E-state index in [9.17, 15) is 4.91 Å². The van der Waals surface area contributed by atoms with Gasteiger partial charge in [0, 0.05) is 11.4 Å². The van der Waals surface area contributed by atoms with Gasteiger partial charge in [-0.2, -0.15) is 5.01 Å². The van der Waals surface area contributed by atoms with Crippen molar-refractivity contribution in [3.63, 3.8) is 0 Å². The zero-order chi connectivity index (χ0) is 16.2. The summed E-state index contributed by atoms with van der Waals surface area (Å²) in [6, 6.07) is 22.2. The molecule has 0 amide bonds. The fourth-order valence-electron chi connectivity index (χ4n) is 2.33. The van der Waals surface area contributed by atoms with Crippen LogP contribution in [0.3, 0.4) is 0 Å². The third kappa shape index (κ3) is 3.13. The van der Waals surface area contributed by atoms with Gasteiger partial charge in [-0.25, -0.2) is 0 Å². The second-order valence-electron chi connectivity index (χ2n) is 5.15. The van der Waals surface area contributed by atoms with Crippen molar-refractivity contribution in [3.8, 4) is 11.1 Å². The minimum Gasteiger partial charge on any atom is -0.399 e. The first kappa shape index (κ1) is 14.6. The Morgan fingerprint density at radius 1 is 0.609 bits per heavy atom. The van der Waals surface area contributed by atoms with Crippen molar-refractivity contribution in [2.24, 2.45) is 5.29 Å². The first-order valence-corrected chi connectivity index (χ1v) is 7.12. The predicted octanol–water partition coefficient (Wildman–Crippen LogP) is 4.34. The van der Waals surface area contributed by atoms with E-state index in [4.69, 9.17) is 11.5 Å². The van der Waals surface area contributed by atoms with Crippen LogP contribution in [0.2, 0.25) is 0 Å². The Morgan fingerprint density at radius 2 is 0.957 bits per heavy atom. The molecule has 0 atom stereocenters. The largest absolute Gasteiger partial charge is 0.399 e. The van der Waals surface area contributed by atoms with Gasteiger partial charge in [0.05, 0.1) is 16.7 Å². The molecule has 23 heavy (non-hydrogen) atoms. The van der Waals surface area contributed by atoms with E-state index >= 15 is 0 Å². The highest BCUT2D eigenvalue weighted by atomic mass is 16.3. The molecule has 0 fully saturated rings. The molecule has 0 saturated carbocycles. The Labute approximate surface area is 134 Å². The van der Waals surface area contributed by atoms with Gasteiger partial charge in [0.1, 0.15) is 0 Å². The summed E-state index contributed by atoms with van der Waals surface area (Å²) in [4.78, 5) is 11.2. The van der Waals surface area contributed by atoms with Crippen molar-refractivity contribution in [2.45, 2.75) is 0 Å². The first-order chi connectivity index (χ1) is 11.2. The molecule has 0 radical (unpaired) electrons. The van der Waals surface area contributed by atoms with E-state index in [1.54, 1.807) is 24.3 Å². The van der Waals surface area contributed by atoms with Gasteiger partial charge < -0.3 is 11.5 Å². The van der Waals surface area contributed by atoms with Crippen LogP contribution in [0.5, 0.6) is 0 Å². The number of benzene rings is 3. The van der Waals surface area contributed by atoms with Crippen molar-refractivity contribution in [3.05, 3.63) is 77.7 Å². The lowest BCUT2D eigenvalue weighted by Crippen LogP contribution is -2.07. The molecule has 5 heteroatoms. The normalized spacial score (nSPS) is 10.3. The average Bonchev–Trinajstić information content (AvgIpc) is 2.59. The predicted molar refractivity (Wildman–Crippen MR) is 95.1 cm³/mol. The van der Waals surface area contributed by atoms with Gasteiger partial charge in [-0.1, -0.05) is 24.3 Å². The third-order valence-electron chi connectivity index (χ3n) is 3.58. The monoisotopic (exact) mass is 304 g/mol. The number of nitrogens with two attached hydrogens (primary N) is 2. The van der Waals surface area contributed by atoms with E-state index in [2.05, 4.69) is 5.29 Å². The molecule has 0 unspecified atom stereocenters. The minimum absolute atomic E-state index is 0.637. The molecule has 3 aromatic carbocycles. The topological polar surface area (TPSA) is 84.7 Å². The smallest absolute Gasteiger partial charge is 0.0686 e. The lowest BCUT2D eigenvalue weighted by Gasteiger charge is -2.16.